The highest BCUT2D eigenvalue weighted by molar-refractivity contribution is 6.13. The Kier molecular flexibility index (Phi) is 5.36. The molecular formula is C27H22FN5O2. The van der Waals surface area contributed by atoms with Crippen molar-refractivity contribution in [1.82, 2.24) is 15.0 Å². The SMILES string of the molecule is Cc1ccc(-c2cccc3c2C(C)(C)C(=O)N3c2ncccn2)nc1C(=O)Nc1ccc(F)cc1. The van der Waals surface area contributed by atoms with Crippen LogP contribution in [0, 0.1) is 12.7 Å². The summed E-state index contributed by atoms with van der Waals surface area (Å²) in [7, 11) is 0. The fraction of sp³-hybridized carbons (Fsp3) is 0.148. The van der Waals surface area contributed by atoms with Gasteiger partial charge in [-0.25, -0.2) is 24.2 Å². The number of pyridine rings is 1. The maximum atomic E-state index is 13.5. The van der Waals surface area contributed by atoms with Gasteiger partial charge >= 0.3 is 0 Å². The molecule has 35 heavy (non-hydrogen) atoms. The minimum atomic E-state index is -0.867. The normalized spacial score (nSPS) is 14.1. The fourth-order valence-electron chi connectivity index (χ4n) is 4.33. The highest BCUT2D eigenvalue weighted by atomic mass is 19.1. The molecule has 0 saturated heterocycles. The predicted octanol–water partition coefficient (Wildman–Crippen LogP) is 5.19. The van der Waals surface area contributed by atoms with Gasteiger partial charge in [0, 0.05) is 29.2 Å². The smallest absolute Gasteiger partial charge is 0.274 e. The summed E-state index contributed by atoms with van der Waals surface area (Å²) in [5.74, 6) is -0.632. The number of rotatable bonds is 4. The van der Waals surface area contributed by atoms with Gasteiger partial charge in [0.25, 0.3) is 5.91 Å². The molecule has 1 aliphatic rings. The van der Waals surface area contributed by atoms with Gasteiger partial charge in [-0.05, 0) is 68.8 Å². The molecule has 1 N–H and O–H groups in total. The molecule has 5 rings (SSSR count). The summed E-state index contributed by atoms with van der Waals surface area (Å²) in [6.45, 7) is 5.52. The Morgan fingerprint density at radius 2 is 1.69 bits per heavy atom. The second-order valence-corrected chi connectivity index (χ2v) is 8.84. The van der Waals surface area contributed by atoms with E-state index in [1.54, 1.807) is 25.4 Å². The number of fused-ring (bicyclic) bond motifs is 1. The van der Waals surface area contributed by atoms with Gasteiger partial charge in [0.1, 0.15) is 11.5 Å². The summed E-state index contributed by atoms with van der Waals surface area (Å²) in [6.07, 6.45) is 3.19. The first-order valence-electron chi connectivity index (χ1n) is 11.1. The van der Waals surface area contributed by atoms with E-state index in [4.69, 9.17) is 0 Å². The fourth-order valence-corrected chi connectivity index (χ4v) is 4.33. The molecule has 2 aromatic carbocycles. The van der Waals surface area contributed by atoms with Crippen LogP contribution < -0.4 is 10.2 Å². The van der Waals surface area contributed by atoms with E-state index in [9.17, 15) is 14.0 Å². The van der Waals surface area contributed by atoms with Gasteiger partial charge in [-0.1, -0.05) is 18.2 Å². The van der Waals surface area contributed by atoms with Crippen LogP contribution >= 0.6 is 0 Å². The zero-order chi connectivity index (χ0) is 24.7. The van der Waals surface area contributed by atoms with Crippen molar-refractivity contribution in [2.24, 2.45) is 0 Å². The molecule has 0 saturated carbocycles. The van der Waals surface area contributed by atoms with Gasteiger partial charge in [0.15, 0.2) is 0 Å². The molecule has 2 amide bonds. The van der Waals surface area contributed by atoms with Gasteiger partial charge in [-0.2, -0.15) is 0 Å². The van der Waals surface area contributed by atoms with Crippen molar-refractivity contribution in [3.8, 4) is 11.3 Å². The van der Waals surface area contributed by atoms with E-state index in [0.29, 0.717) is 28.6 Å². The molecule has 0 bridgehead atoms. The van der Waals surface area contributed by atoms with Crippen LogP contribution in [0.15, 0.2) is 73.1 Å². The van der Waals surface area contributed by atoms with E-state index < -0.39 is 11.3 Å². The quantitative estimate of drug-likeness (QED) is 0.446. The van der Waals surface area contributed by atoms with Crippen LogP contribution in [0.3, 0.4) is 0 Å². The molecule has 4 aromatic rings. The van der Waals surface area contributed by atoms with Crippen LogP contribution in [0.25, 0.3) is 11.3 Å². The number of halogens is 1. The van der Waals surface area contributed by atoms with Crippen molar-refractivity contribution in [2.75, 3.05) is 10.2 Å². The molecule has 8 heteroatoms. The predicted molar refractivity (Wildman–Crippen MR) is 131 cm³/mol. The summed E-state index contributed by atoms with van der Waals surface area (Å²) in [6, 6.07) is 16.5. The zero-order valence-electron chi connectivity index (χ0n) is 19.4. The lowest BCUT2D eigenvalue weighted by atomic mass is 9.82. The van der Waals surface area contributed by atoms with Crippen molar-refractivity contribution in [3.63, 3.8) is 0 Å². The first-order valence-corrected chi connectivity index (χ1v) is 11.1. The third-order valence-corrected chi connectivity index (χ3v) is 6.09. The lowest BCUT2D eigenvalue weighted by Gasteiger charge is -2.20. The maximum Gasteiger partial charge on any atom is 0.274 e. The highest BCUT2D eigenvalue weighted by Crippen LogP contribution is 2.48. The lowest BCUT2D eigenvalue weighted by molar-refractivity contribution is -0.121. The van der Waals surface area contributed by atoms with Gasteiger partial charge in [-0.15, -0.1) is 0 Å². The number of amides is 2. The van der Waals surface area contributed by atoms with E-state index >= 15 is 0 Å². The summed E-state index contributed by atoms with van der Waals surface area (Å²) in [4.78, 5) is 41.2. The minimum absolute atomic E-state index is 0.146. The highest BCUT2D eigenvalue weighted by Gasteiger charge is 2.47. The van der Waals surface area contributed by atoms with Crippen LogP contribution in [-0.4, -0.2) is 26.8 Å². The Labute approximate surface area is 201 Å². The van der Waals surface area contributed by atoms with Gasteiger partial charge in [0.05, 0.1) is 16.8 Å². The number of anilines is 3. The van der Waals surface area contributed by atoms with Crippen molar-refractivity contribution in [3.05, 3.63) is 95.7 Å². The minimum Gasteiger partial charge on any atom is -0.321 e. The molecule has 0 fully saturated rings. The number of nitrogens with one attached hydrogen (secondary N) is 1. The average molecular weight is 468 g/mol. The Morgan fingerprint density at radius 3 is 2.40 bits per heavy atom. The van der Waals surface area contributed by atoms with Crippen LogP contribution in [0.2, 0.25) is 0 Å². The molecule has 3 heterocycles. The number of aromatic nitrogens is 3. The number of carbonyl (C=O) groups is 2. The number of nitrogens with zero attached hydrogens (tertiary/aromatic N) is 4. The van der Waals surface area contributed by atoms with Crippen LogP contribution in [0.4, 0.5) is 21.7 Å². The number of aryl methyl sites for hydroxylation is 1. The molecule has 1 aliphatic heterocycles. The molecule has 0 radical (unpaired) electrons. The largest absolute Gasteiger partial charge is 0.321 e. The van der Waals surface area contributed by atoms with Crippen LogP contribution in [0.1, 0.15) is 35.5 Å². The van der Waals surface area contributed by atoms with Gasteiger partial charge in [-0.3, -0.25) is 9.59 Å². The van der Waals surface area contributed by atoms with E-state index in [-0.39, 0.29) is 17.4 Å². The van der Waals surface area contributed by atoms with Gasteiger partial charge < -0.3 is 5.32 Å². The summed E-state index contributed by atoms with van der Waals surface area (Å²) < 4.78 is 13.2. The Balaban J connectivity index is 1.58. The molecule has 0 spiro atoms. The maximum absolute atomic E-state index is 13.5. The molecule has 174 valence electrons. The first-order chi connectivity index (χ1) is 16.8. The molecule has 7 nitrogen and oxygen atoms in total. The van der Waals surface area contributed by atoms with Crippen LogP contribution in [-0.2, 0) is 10.2 Å². The van der Waals surface area contributed by atoms with E-state index in [1.807, 2.05) is 44.2 Å². The van der Waals surface area contributed by atoms with Gasteiger partial charge in [0.2, 0.25) is 11.9 Å². The number of hydrogen-bond donors (Lipinski definition) is 1. The van der Waals surface area contributed by atoms with E-state index in [1.165, 1.54) is 29.2 Å². The topological polar surface area (TPSA) is 88.1 Å². The number of benzene rings is 2. The Morgan fingerprint density at radius 1 is 0.971 bits per heavy atom. The lowest BCUT2D eigenvalue weighted by Crippen LogP contribution is -2.34. The van der Waals surface area contributed by atoms with Crippen molar-refractivity contribution in [2.45, 2.75) is 26.2 Å². The van der Waals surface area contributed by atoms with Crippen molar-refractivity contribution >= 4 is 29.1 Å². The zero-order valence-corrected chi connectivity index (χ0v) is 19.4. The third-order valence-electron chi connectivity index (χ3n) is 6.09. The van der Waals surface area contributed by atoms with Crippen molar-refractivity contribution < 1.29 is 14.0 Å². The molecule has 0 atom stereocenters. The Bertz CT molecular complexity index is 1450. The molecule has 0 aliphatic carbocycles. The third kappa shape index (κ3) is 3.82. The monoisotopic (exact) mass is 467 g/mol. The summed E-state index contributed by atoms with van der Waals surface area (Å²) in [5, 5.41) is 2.76. The van der Waals surface area contributed by atoms with E-state index in [0.717, 1.165) is 11.1 Å². The van der Waals surface area contributed by atoms with Crippen molar-refractivity contribution in [1.29, 1.82) is 0 Å². The second kappa shape index (κ2) is 8.39. The molecule has 0 unspecified atom stereocenters. The Hall–Kier alpha value is -4.46. The standard InChI is InChI=1S/C27H22FN5O2/c1-16-8-13-20(32-23(16)24(34)31-18-11-9-17(28)10-12-18)19-6-4-7-21-22(19)27(2,3)25(35)33(21)26-29-14-5-15-30-26/h4-15H,1-3H3,(H,31,34). The average Bonchev–Trinajstić information content (AvgIpc) is 3.06. The van der Waals surface area contributed by atoms with Crippen LogP contribution in [0.5, 0.6) is 0 Å². The molecular weight excluding hydrogens is 445 g/mol. The van der Waals surface area contributed by atoms with E-state index in [2.05, 4.69) is 20.3 Å². The number of carbonyl (C=O) groups excluding carboxylic acids is 2. The number of hydrogen-bond acceptors (Lipinski definition) is 5. The summed E-state index contributed by atoms with van der Waals surface area (Å²) in [5.41, 5.74) is 3.32. The second-order valence-electron chi connectivity index (χ2n) is 8.84. The summed E-state index contributed by atoms with van der Waals surface area (Å²) >= 11 is 0. The molecule has 2 aromatic heterocycles. The first kappa shape index (κ1) is 22.3.